The number of rotatable bonds is 11. The van der Waals surface area contributed by atoms with Gasteiger partial charge in [-0.1, -0.05) is 19.9 Å². The van der Waals surface area contributed by atoms with Gasteiger partial charge in [0.25, 0.3) is 15.9 Å². The number of nitrogens with one attached hydrogen (secondary N) is 2. The Morgan fingerprint density at radius 2 is 1.65 bits per heavy atom. The van der Waals surface area contributed by atoms with Gasteiger partial charge < -0.3 is 5.32 Å². The fourth-order valence-corrected chi connectivity index (χ4v) is 6.63. The molecule has 1 amide bonds. The maximum atomic E-state index is 13.0. The van der Waals surface area contributed by atoms with E-state index in [-0.39, 0.29) is 20.5 Å². The molecule has 0 fully saturated rings. The van der Waals surface area contributed by atoms with Gasteiger partial charge in [0, 0.05) is 35.9 Å². The van der Waals surface area contributed by atoms with Crippen molar-refractivity contribution in [3.63, 3.8) is 0 Å². The highest BCUT2D eigenvalue weighted by molar-refractivity contribution is 7.93. The Balaban J connectivity index is 1.75. The summed E-state index contributed by atoms with van der Waals surface area (Å²) in [5.74, 6) is -0.508. The average Bonchev–Trinajstić information content (AvgIpc) is 3.31. The molecule has 1 heterocycles. The summed E-state index contributed by atoms with van der Waals surface area (Å²) in [5, 5.41) is 4.58. The van der Waals surface area contributed by atoms with Gasteiger partial charge in [0.1, 0.15) is 0 Å². The first kappa shape index (κ1) is 25.8. The SMILES string of the molecule is CCCN(CCC)S(=O)(=O)c1cccc(C(=O)Nc2ccc(S(=O)(=O)Nc3nccs3)cc2)c1. The smallest absolute Gasteiger partial charge is 0.263 e. The van der Waals surface area contributed by atoms with E-state index >= 15 is 0 Å². The summed E-state index contributed by atoms with van der Waals surface area (Å²) in [5.41, 5.74) is 0.543. The summed E-state index contributed by atoms with van der Waals surface area (Å²) in [6, 6.07) is 11.5. The van der Waals surface area contributed by atoms with Gasteiger partial charge in [-0.2, -0.15) is 4.31 Å². The second-order valence-electron chi connectivity index (χ2n) is 7.35. The predicted molar refractivity (Wildman–Crippen MR) is 133 cm³/mol. The fourth-order valence-electron chi connectivity index (χ4n) is 3.17. The van der Waals surface area contributed by atoms with E-state index < -0.39 is 26.0 Å². The number of nitrogens with zero attached hydrogens (tertiary/aromatic N) is 2. The predicted octanol–water partition coefficient (Wildman–Crippen LogP) is 4.01. The molecule has 0 aliphatic carbocycles. The molecule has 0 aliphatic heterocycles. The fraction of sp³-hybridized carbons (Fsp3) is 0.273. The lowest BCUT2D eigenvalue weighted by Crippen LogP contribution is -2.32. The molecule has 3 rings (SSSR count). The van der Waals surface area contributed by atoms with Gasteiger partial charge in [-0.05, 0) is 55.3 Å². The molecule has 0 spiro atoms. The molecular formula is C22H26N4O5S3. The van der Waals surface area contributed by atoms with Crippen LogP contribution in [0.4, 0.5) is 10.8 Å². The largest absolute Gasteiger partial charge is 0.322 e. The third-order valence-corrected chi connectivity index (χ3v) is 8.82. The van der Waals surface area contributed by atoms with Gasteiger partial charge in [-0.3, -0.25) is 9.52 Å². The van der Waals surface area contributed by atoms with Crippen LogP contribution in [0.25, 0.3) is 0 Å². The van der Waals surface area contributed by atoms with Crippen LogP contribution in [-0.2, 0) is 20.0 Å². The van der Waals surface area contributed by atoms with E-state index in [2.05, 4.69) is 15.0 Å². The van der Waals surface area contributed by atoms with Crippen LogP contribution in [0.3, 0.4) is 0 Å². The zero-order chi connectivity index (χ0) is 24.8. The molecule has 0 bridgehead atoms. The monoisotopic (exact) mass is 522 g/mol. The molecule has 2 aromatic carbocycles. The lowest BCUT2D eigenvalue weighted by Gasteiger charge is -2.21. The van der Waals surface area contributed by atoms with Crippen molar-refractivity contribution < 1.29 is 21.6 Å². The number of benzene rings is 2. The Morgan fingerprint density at radius 3 is 2.24 bits per heavy atom. The van der Waals surface area contributed by atoms with Gasteiger partial charge in [0.15, 0.2) is 5.13 Å². The molecule has 0 aliphatic rings. The Kier molecular flexibility index (Phi) is 8.42. The lowest BCUT2D eigenvalue weighted by atomic mass is 10.2. The van der Waals surface area contributed by atoms with Crippen LogP contribution < -0.4 is 10.0 Å². The number of amides is 1. The first-order valence-electron chi connectivity index (χ1n) is 10.6. The van der Waals surface area contributed by atoms with Crippen molar-refractivity contribution in [3.05, 3.63) is 65.7 Å². The molecular weight excluding hydrogens is 496 g/mol. The number of sulfonamides is 2. The Morgan fingerprint density at radius 1 is 0.971 bits per heavy atom. The van der Waals surface area contributed by atoms with Crippen molar-refractivity contribution in [3.8, 4) is 0 Å². The molecule has 0 saturated heterocycles. The molecule has 0 saturated carbocycles. The summed E-state index contributed by atoms with van der Waals surface area (Å²) in [7, 11) is -7.53. The van der Waals surface area contributed by atoms with Crippen LogP contribution in [0, 0.1) is 0 Å². The van der Waals surface area contributed by atoms with Crippen molar-refractivity contribution in [2.75, 3.05) is 23.1 Å². The molecule has 9 nitrogen and oxygen atoms in total. The number of anilines is 2. The van der Waals surface area contributed by atoms with E-state index in [1.54, 1.807) is 5.38 Å². The Hall–Kier alpha value is -2.80. The standard InChI is InChI=1S/C22H26N4O5S3/c1-3-13-26(14-4-2)34(30,31)20-7-5-6-17(16-20)21(27)24-18-8-10-19(11-9-18)33(28,29)25-22-23-12-15-32-22/h5-12,15-16H,3-4,13-14H2,1-2H3,(H,23,25)(H,24,27). The molecule has 0 radical (unpaired) electrons. The van der Waals surface area contributed by atoms with Crippen LogP contribution in [0.5, 0.6) is 0 Å². The molecule has 34 heavy (non-hydrogen) atoms. The average molecular weight is 523 g/mol. The molecule has 2 N–H and O–H groups in total. The molecule has 0 unspecified atom stereocenters. The third kappa shape index (κ3) is 6.20. The van der Waals surface area contributed by atoms with Gasteiger partial charge in [0.2, 0.25) is 10.0 Å². The van der Waals surface area contributed by atoms with Crippen LogP contribution in [-0.4, -0.2) is 45.1 Å². The van der Waals surface area contributed by atoms with Crippen molar-refractivity contribution >= 4 is 48.1 Å². The summed E-state index contributed by atoms with van der Waals surface area (Å²) >= 11 is 1.16. The quantitative estimate of drug-likeness (QED) is 0.392. The topological polar surface area (TPSA) is 126 Å². The lowest BCUT2D eigenvalue weighted by molar-refractivity contribution is 0.102. The first-order valence-corrected chi connectivity index (χ1v) is 14.4. The van der Waals surface area contributed by atoms with Gasteiger partial charge >= 0.3 is 0 Å². The van der Waals surface area contributed by atoms with Crippen LogP contribution in [0.2, 0.25) is 0 Å². The molecule has 182 valence electrons. The van der Waals surface area contributed by atoms with Crippen molar-refractivity contribution in [2.24, 2.45) is 0 Å². The Labute approximate surface area is 204 Å². The number of carbonyl (C=O) groups excluding carboxylic acids is 1. The second kappa shape index (κ2) is 11.1. The van der Waals surface area contributed by atoms with Gasteiger partial charge in [-0.25, -0.2) is 21.8 Å². The van der Waals surface area contributed by atoms with Crippen molar-refractivity contribution in [1.82, 2.24) is 9.29 Å². The Bertz CT molecular complexity index is 1320. The highest BCUT2D eigenvalue weighted by atomic mass is 32.2. The van der Waals surface area contributed by atoms with E-state index in [1.807, 2.05) is 13.8 Å². The zero-order valence-electron chi connectivity index (χ0n) is 18.8. The molecule has 3 aromatic rings. The van der Waals surface area contributed by atoms with Crippen LogP contribution in [0.1, 0.15) is 37.0 Å². The second-order valence-corrected chi connectivity index (χ2v) is 11.9. The van der Waals surface area contributed by atoms with Crippen LogP contribution >= 0.6 is 11.3 Å². The minimum Gasteiger partial charge on any atom is -0.322 e. The molecule has 0 atom stereocenters. The van der Waals surface area contributed by atoms with E-state index in [0.717, 1.165) is 11.3 Å². The van der Waals surface area contributed by atoms with Crippen molar-refractivity contribution in [1.29, 1.82) is 0 Å². The normalized spacial score (nSPS) is 12.0. The summed E-state index contributed by atoms with van der Waals surface area (Å²) < 4.78 is 54.7. The highest BCUT2D eigenvalue weighted by Crippen LogP contribution is 2.21. The maximum Gasteiger partial charge on any atom is 0.263 e. The zero-order valence-corrected chi connectivity index (χ0v) is 21.2. The number of hydrogen-bond donors (Lipinski definition) is 2. The summed E-state index contributed by atoms with van der Waals surface area (Å²) in [6.07, 6.45) is 2.86. The van der Waals surface area contributed by atoms with E-state index in [0.29, 0.717) is 31.6 Å². The van der Waals surface area contributed by atoms with Gasteiger partial charge in [0.05, 0.1) is 9.79 Å². The van der Waals surface area contributed by atoms with E-state index in [9.17, 15) is 21.6 Å². The van der Waals surface area contributed by atoms with Crippen molar-refractivity contribution in [2.45, 2.75) is 36.5 Å². The minimum atomic E-state index is -3.81. The molecule has 1 aromatic heterocycles. The highest BCUT2D eigenvalue weighted by Gasteiger charge is 2.24. The summed E-state index contributed by atoms with van der Waals surface area (Å²) in [4.78, 5) is 16.7. The van der Waals surface area contributed by atoms with Crippen LogP contribution in [0.15, 0.2) is 69.9 Å². The number of aromatic nitrogens is 1. The van der Waals surface area contributed by atoms with Gasteiger partial charge in [-0.15, -0.1) is 11.3 Å². The number of thiazole rings is 1. The number of hydrogen-bond acceptors (Lipinski definition) is 7. The number of carbonyl (C=O) groups is 1. The summed E-state index contributed by atoms with van der Waals surface area (Å²) in [6.45, 7) is 4.62. The first-order chi connectivity index (χ1) is 16.2. The van der Waals surface area contributed by atoms with E-state index in [4.69, 9.17) is 0 Å². The third-order valence-electron chi connectivity index (χ3n) is 4.76. The minimum absolute atomic E-state index is 0.0146. The maximum absolute atomic E-state index is 13.0. The molecule has 12 heteroatoms. The van der Waals surface area contributed by atoms with E-state index in [1.165, 1.54) is 59.0 Å².